The van der Waals surface area contributed by atoms with Crippen LogP contribution in [0.2, 0.25) is 0 Å². The van der Waals surface area contributed by atoms with Crippen LogP contribution >= 0.6 is 0 Å². The number of rotatable bonds is 3. The molecule has 0 saturated carbocycles. The first-order chi connectivity index (χ1) is 10.1. The molecule has 1 aliphatic rings. The molecule has 0 fully saturated rings. The number of carbonyl (C=O) groups is 1. The third-order valence-electron chi connectivity index (χ3n) is 3.95. The summed E-state index contributed by atoms with van der Waals surface area (Å²) in [5, 5.41) is 0. The van der Waals surface area contributed by atoms with Crippen LogP contribution in [0.3, 0.4) is 0 Å². The van der Waals surface area contributed by atoms with E-state index in [1.807, 2.05) is 13.0 Å². The Morgan fingerprint density at radius 1 is 1.19 bits per heavy atom. The molecule has 0 spiro atoms. The summed E-state index contributed by atoms with van der Waals surface area (Å²) in [5.41, 5.74) is 11.0. The van der Waals surface area contributed by atoms with E-state index in [0.29, 0.717) is 6.42 Å². The molecular formula is C18H19NO2. The zero-order chi connectivity index (χ0) is 14.8. The zero-order valence-corrected chi connectivity index (χ0v) is 12.2. The summed E-state index contributed by atoms with van der Waals surface area (Å²) in [6, 6.07) is 12.5. The Hall–Kier alpha value is -2.29. The van der Waals surface area contributed by atoms with E-state index in [4.69, 9.17) is 10.5 Å². The van der Waals surface area contributed by atoms with Gasteiger partial charge >= 0.3 is 0 Å². The minimum absolute atomic E-state index is 0.295. The van der Waals surface area contributed by atoms with Crippen LogP contribution in [0.4, 0.5) is 0 Å². The summed E-state index contributed by atoms with van der Waals surface area (Å²) in [5.74, 6) is 0.712. The molecule has 21 heavy (non-hydrogen) atoms. The molecule has 3 nitrogen and oxygen atoms in total. The second-order valence-corrected chi connectivity index (χ2v) is 5.56. The van der Waals surface area contributed by atoms with Crippen LogP contribution in [0.25, 0.3) is 11.1 Å². The first-order valence-electron chi connectivity index (χ1n) is 7.27. The molecule has 0 aliphatic carbocycles. The van der Waals surface area contributed by atoms with Crippen LogP contribution in [-0.4, -0.2) is 12.5 Å². The lowest BCUT2D eigenvalue weighted by Gasteiger charge is -2.18. The maximum absolute atomic E-state index is 11.0. The number of hydrogen-bond donors (Lipinski definition) is 1. The van der Waals surface area contributed by atoms with Gasteiger partial charge in [0.05, 0.1) is 13.0 Å². The Bertz CT molecular complexity index is 692. The van der Waals surface area contributed by atoms with Gasteiger partial charge in [-0.05, 0) is 59.7 Å². The van der Waals surface area contributed by atoms with Crippen molar-refractivity contribution in [3.8, 4) is 16.9 Å². The van der Waals surface area contributed by atoms with Crippen LogP contribution in [-0.2, 0) is 17.6 Å². The van der Waals surface area contributed by atoms with Crippen molar-refractivity contribution < 1.29 is 9.53 Å². The summed E-state index contributed by atoms with van der Waals surface area (Å²) in [6.07, 6.45) is 2.44. The van der Waals surface area contributed by atoms with Crippen LogP contribution in [0.1, 0.15) is 23.1 Å². The standard InChI is InChI=1S/C18H19NO2/c1-12-9-14(5-4-13(12)11-18(19)20)15-6-7-17-16(10-15)3-2-8-21-17/h4-7,9-10H,2-3,8,11H2,1H3,(H2,19,20). The molecule has 108 valence electrons. The van der Waals surface area contributed by atoms with Crippen molar-refractivity contribution in [3.05, 3.63) is 53.1 Å². The molecule has 0 atom stereocenters. The van der Waals surface area contributed by atoms with Gasteiger partial charge in [-0.2, -0.15) is 0 Å². The monoisotopic (exact) mass is 281 g/mol. The molecule has 1 aliphatic heterocycles. The van der Waals surface area contributed by atoms with Crippen molar-refractivity contribution in [2.45, 2.75) is 26.2 Å². The van der Waals surface area contributed by atoms with Crippen LogP contribution in [0.5, 0.6) is 5.75 Å². The zero-order valence-electron chi connectivity index (χ0n) is 12.2. The van der Waals surface area contributed by atoms with Crippen LogP contribution in [0.15, 0.2) is 36.4 Å². The Labute approximate surface area is 124 Å². The minimum atomic E-state index is -0.295. The fourth-order valence-electron chi connectivity index (χ4n) is 2.80. The average Bonchev–Trinajstić information content (AvgIpc) is 2.48. The predicted molar refractivity (Wildman–Crippen MR) is 83.3 cm³/mol. The first kappa shape index (κ1) is 13.7. The summed E-state index contributed by atoms with van der Waals surface area (Å²) in [7, 11) is 0. The molecule has 2 aromatic rings. The quantitative estimate of drug-likeness (QED) is 0.940. The summed E-state index contributed by atoms with van der Waals surface area (Å²) in [6.45, 7) is 2.83. The second kappa shape index (κ2) is 5.60. The van der Waals surface area contributed by atoms with Gasteiger partial charge in [0.2, 0.25) is 5.91 Å². The fraction of sp³-hybridized carbons (Fsp3) is 0.278. The normalized spacial score (nSPS) is 13.4. The first-order valence-corrected chi connectivity index (χ1v) is 7.27. The Morgan fingerprint density at radius 2 is 1.95 bits per heavy atom. The van der Waals surface area contributed by atoms with Gasteiger partial charge in [-0.3, -0.25) is 4.79 Å². The molecule has 0 unspecified atom stereocenters. The Morgan fingerprint density at radius 3 is 2.71 bits per heavy atom. The minimum Gasteiger partial charge on any atom is -0.493 e. The van der Waals surface area contributed by atoms with Gasteiger partial charge in [-0.15, -0.1) is 0 Å². The lowest BCUT2D eigenvalue weighted by molar-refractivity contribution is -0.117. The van der Waals surface area contributed by atoms with Crippen LogP contribution < -0.4 is 10.5 Å². The number of ether oxygens (including phenoxy) is 1. The van der Waals surface area contributed by atoms with Gasteiger partial charge in [-0.25, -0.2) is 0 Å². The van der Waals surface area contributed by atoms with Crippen molar-refractivity contribution in [1.82, 2.24) is 0 Å². The molecule has 1 heterocycles. The number of fused-ring (bicyclic) bond motifs is 1. The molecule has 2 N–H and O–H groups in total. The van der Waals surface area contributed by atoms with Gasteiger partial charge in [0.1, 0.15) is 5.75 Å². The van der Waals surface area contributed by atoms with Crippen molar-refractivity contribution >= 4 is 5.91 Å². The van der Waals surface area contributed by atoms with Gasteiger partial charge in [0, 0.05) is 0 Å². The molecular weight excluding hydrogens is 262 g/mol. The van der Waals surface area contributed by atoms with Gasteiger partial charge in [-0.1, -0.05) is 24.3 Å². The van der Waals surface area contributed by atoms with E-state index in [1.165, 1.54) is 11.1 Å². The smallest absolute Gasteiger partial charge is 0.221 e. The molecule has 0 bridgehead atoms. The lowest BCUT2D eigenvalue weighted by atomic mass is 9.95. The summed E-state index contributed by atoms with van der Waals surface area (Å²) in [4.78, 5) is 11.0. The molecule has 0 saturated heterocycles. The highest BCUT2D eigenvalue weighted by molar-refractivity contribution is 5.77. The van der Waals surface area contributed by atoms with Gasteiger partial charge in [0.15, 0.2) is 0 Å². The second-order valence-electron chi connectivity index (χ2n) is 5.56. The summed E-state index contributed by atoms with van der Waals surface area (Å²) < 4.78 is 5.65. The third-order valence-corrected chi connectivity index (χ3v) is 3.95. The van der Waals surface area contributed by atoms with E-state index in [-0.39, 0.29) is 5.91 Å². The molecule has 3 rings (SSSR count). The molecule has 0 aromatic heterocycles. The summed E-state index contributed by atoms with van der Waals surface area (Å²) >= 11 is 0. The number of primary amides is 1. The van der Waals surface area contributed by atoms with E-state index >= 15 is 0 Å². The topological polar surface area (TPSA) is 52.3 Å². The number of aryl methyl sites for hydroxylation is 2. The number of nitrogens with two attached hydrogens (primary N) is 1. The van der Waals surface area contributed by atoms with Crippen molar-refractivity contribution in [2.24, 2.45) is 5.73 Å². The van der Waals surface area contributed by atoms with E-state index < -0.39 is 0 Å². The SMILES string of the molecule is Cc1cc(-c2ccc3c(c2)CCCO3)ccc1CC(N)=O. The number of amides is 1. The number of carbonyl (C=O) groups excluding carboxylic acids is 1. The number of benzene rings is 2. The van der Waals surface area contributed by atoms with Crippen molar-refractivity contribution in [3.63, 3.8) is 0 Å². The lowest BCUT2D eigenvalue weighted by Crippen LogP contribution is -2.14. The largest absolute Gasteiger partial charge is 0.493 e. The molecule has 1 amide bonds. The Balaban J connectivity index is 1.93. The van der Waals surface area contributed by atoms with E-state index in [9.17, 15) is 4.79 Å². The van der Waals surface area contributed by atoms with Crippen molar-refractivity contribution in [1.29, 1.82) is 0 Å². The third kappa shape index (κ3) is 2.92. The molecule has 3 heteroatoms. The average molecular weight is 281 g/mol. The maximum Gasteiger partial charge on any atom is 0.221 e. The number of hydrogen-bond acceptors (Lipinski definition) is 2. The molecule has 0 radical (unpaired) electrons. The van der Waals surface area contributed by atoms with E-state index in [1.54, 1.807) is 0 Å². The van der Waals surface area contributed by atoms with E-state index in [2.05, 4.69) is 30.3 Å². The Kier molecular flexibility index (Phi) is 3.65. The van der Waals surface area contributed by atoms with Gasteiger partial charge < -0.3 is 10.5 Å². The van der Waals surface area contributed by atoms with E-state index in [0.717, 1.165) is 41.9 Å². The van der Waals surface area contributed by atoms with Crippen molar-refractivity contribution in [2.75, 3.05) is 6.61 Å². The maximum atomic E-state index is 11.0. The predicted octanol–water partition coefficient (Wildman–Crippen LogP) is 3.01. The van der Waals surface area contributed by atoms with Gasteiger partial charge in [0.25, 0.3) is 0 Å². The fourth-order valence-corrected chi connectivity index (χ4v) is 2.80. The highest BCUT2D eigenvalue weighted by Gasteiger charge is 2.12. The highest BCUT2D eigenvalue weighted by Crippen LogP contribution is 2.30. The molecule has 2 aromatic carbocycles. The van der Waals surface area contributed by atoms with Crippen LogP contribution in [0, 0.1) is 6.92 Å². The highest BCUT2D eigenvalue weighted by atomic mass is 16.5.